The fraction of sp³-hybridized carbons (Fsp3) is 0.333. The van der Waals surface area contributed by atoms with E-state index in [0.717, 1.165) is 22.9 Å². The molecule has 0 radical (unpaired) electrons. The summed E-state index contributed by atoms with van der Waals surface area (Å²) in [6.07, 6.45) is 1.20. The molecule has 2 amide bonds. The van der Waals surface area contributed by atoms with Crippen molar-refractivity contribution in [3.8, 4) is 0 Å². The van der Waals surface area contributed by atoms with Crippen LogP contribution in [0, 0.1) is 6.92 Å². The molecule has 148 valence electrons. The first-order valence-electron chi connectivity index (χ1n) is 9.14. The van der Waals surface area contributed by atoms with Gasteiger partial charge in [-0.15, -0.1) is 0 Å². The van der Waals surface area contributed by atoms with Crippen molar-refractivity contribution in [2.75, 3.05) is 12.0 Å². The molecule has 1 aliphatic heterocycles. The predicted molar refractivity (Wildman–Crippen MR) is 107 cm³/mol. The topological polar surface area (TPSA) is 83.6 Å². The number of carbonyl (C=O) groups excluding carboxylic acids is 2. The van der Waals surface area contributed by atoms with Gasteiger partial charge in [-0.3, -0.25) is 9.59 Å². The Bertz CT molecular complexity index is 984. The summed E-state index contributed by atoms with van der Waals surface area (Å²) in [7, 11) is -3.26. The molecule has 0 saturated heterocycles. The fourth-order valence-corrected chi connectivity index (χ4v) is 3.95. The molecule has 2 aromatic rings. The van der Waals surface area contributed by atoms with E-state index in [1.807, 2.05) is 43.3 Å². The smallest absolute Gasteiger partial charge is 0.255 e. The Morgan fingerprint density at radius 1 is 1.14 bits per heavy atom. The molecule has 2 aromatic carbocycles. The Hall–Kier alpha value is -2.67. The maximum atomic E-state index is 12.9. The minimum absolute atomic E-state index is 0.0678. The van der Waals surface area contributed by atoms with Crippen LogP contribution < -0.4 is 5.32 Å². The van der Waals surface area contributed by atoms with E-state index in [2.05, 4.69) is 5.32 Å². The van der Waals surface area contributed by atoms with Crippen LogP contribution in [-0.2, 0) is 27.7 Å². The van der Waals surface area contributed by atoms with Crippen LogP contribution in [0.3, 0.4) is 0 Å². The van der Waals surface area contributed by atoms with Gasteiger partial charge in [-0.1, -0.05) is 48.0 Å². The SMILES string of the molecule is Cc1ccc(CNC(=O)C(CCS(C)(=O)=O)N2Cc3ccccc3C2=O)cc1. The van der Waals surface area contributed by atoms with Crippen LogP contribution in [0.5, 0.6) is 0 Å². The van der Waals surface area contributed by atoms with Gasteiger partial charge in [0, 0.05) is 24.9 Å². The molecule has 3 rings (SSSR count). The maximum absolute atomic E-state index is 12.9. The van der Waals surface area contributed by atoms with Crippen LogP contribution >= 0.6 is 0 Å². The molecule has 1 N–H and O–H groups in total. The van der Waals surface area contributed by atoms with E-state index in [0.29, 0.717) is 18.7 Å². The van der Waals surface area contributed by atoms with Crippen LogP contribution in [0.15, 0.2) is 48.5 Å². The number of sulfone groups is 1. The lowest BCUT2D eigenvalue weighted by Crippen LogP contribution is -2.47. The van der Waals surface area contributed by atoms with E-state index in [9.17, 15) is 18.0 Å². The monoisotopic (exact) mass is 400 g/mol. The average molecular weight is 401 g/mol. The lowest BCUT2D eigenvalue weighted by atomic mass is 10.1. The van der Waals surface area contributed by atoms with Crippen molar-refractivity contribution in [2.24, 2.45) is 0 Å². The predicted octanol–water partition coefficient (Wildman–Crippen LogP) is 2.07. The van der Waals surface area contributed by atoms with Gasteiger partial charge in [-0.05, 0) is 30.5 Å². The molecule has 1 unspecified atom stereocenters. The van der Waals surface area contributed by atoms with Crippen LogP contribution in [0.2, 0.25) is 0 Å². The molecule has 6 nitrogen and oxygen atoms in total. The van der Waals surface area contributed by atoms with Gasteiger partial charge in [0.2, 0.25) is 5.91 Å². The molecule has 0 bridgehead atoms. The first-order chi connectivity index (χ1) is 13.2. The lowest BCUT2D eigenvalue weighted by Gasteiger charge is -2.27. The van der Waals surface area contributed by atoms with Gasteiger partial charge < -0.3 is 10.2 Å². The summed E-state index contributed by atoms with van der Waals surface area (Å²) in [5.41, 5.74) is 3.49. The molecule has 0 fully saturated rings. The highest BCUT2D eigenvalue weighted by molar-refractivity contribution is 7.90. The number of nitrogens with zero attached hydrogens (tertiary/aromatic N) is 1. The van der Waals surface area contributed by atoms with Gasteiger partial charge in [0.05, 0.1) is 5.75 Å². The zero-order valence-electron chi connectivity index (χ0n) is 16.0. The largest absolute Gasteiger partial charge is 0.350 e. The summed E-state index contributed by atoms with van der Waals surface area (Å²) in [5, 5.41) is 2.85. The quantitative estimate of drug-likeness (QED) is 0.771. The Balaban J connectivity index is 1.76. The Kier molecular flexibility index (Phi) is 5.84. The van der Waals surface area contributed by atoms with Crippen molar-refractivity contribution in [3.63, 3.8) is 0 Å². The first-order valence-corrected chi connectivity index (χ1v) is 11.2. The number of benzene rings is 2. The molecular weight excluding hydrogens is 376 g/mol. The summed E-state index contributed by atoms with van der Waals surface area (Å²) in [5.74, 6) is -0.736. The van der Waals surface area contributed by atoms with Crippen LogP contribution in [0.1, 0.15) is 33.5 Å². The second kappa shape index (κ2) is 8.14. The van der Waals surface area contributed by atoms with E-state index in [1.165, 1.54) is 4.90 Å². The number of rotatable bonds is 7. The molecule has 0 aromatic heterocycles. The van der Waals surface area contributed by atoms with Gasteiger partial charge in [0.1, 0.15) is 15.9 Å². The van der Waals surface area contributed by atoms with E-state index in [-0.39, 0.29) is 24.0 Å². The third-order valence-corrected chi connectivity index (χ3v) is 5.85. The van der Waals surface area contributed by atoms with Crippen molar-refractivity contribution in [2.45, 2.75) is 32.5 Å². The highest BCUT2D eigenvalue weighted by Crippen LogP contribution is 2.25. The fourth-order valence-electron chi connectivity index (χ4n) is 3.30. The molecule has 28 heavy (non-hydrogen) atoms. The van der Waals surface area contributed by atoms with Crippen LogP contribution in [-0.4, -0.2) is 43.2 Å². The molecule has 0 spiro atoms. The highest BCUT2D eigenvalue weighted by Gasteiger charge is 2.36. The third kappa shape index (κ3) is 4.78. The van der Waals surface area contributed by atoms with E-state index >= 15 is 0 Å². The number of hydrogen-bond acceptors (Lipinski definition) is 4. The minimum Gasteiger partial charge on any atom is -0.350 e. The van der Waals surface area contributed by atoms with Gasteiger partial charge in [0.15, 0.2) is 0 Å². The molecule has 1 aliphatic rings. The third-order valence-electron chi connectivity index (χ3n) is 4.88. The summed E-state index contributed by atoms with van der Waals surface area (Å²) >= 11 is 0. The molecular formula is C21H24N2O4S. The number of nitrogens with one attached hydrogen (secondary N) is 1. The Morgan fingerprint density at radius 3 is 2.46 bits per heavy atom. The molecule has 1 atom stereocenters. The number of aryl methyl sites for hydroxylation is 1. The summed E-state index contributed by atoms with van der Waals surface area (Å²) in [6.45, 7) is 2.62. The second-order valence-corrected chi connectivity index (χ2v) is 9.49. The summed E-state index contributed by atoms with van der Waals surface area (Å²) in [6, 6.07) is 14.2. The molecule has 7 heteroatoms. The van der Waals surface area contributed by atoms with Gasteiger partial charge in [-0.2, -0.15) is 0 Å². The van der Waals surface area contributed by atoms with Gasteiger partial charge >= 0.3 is 0 Å². The van der Waals surface area contributed by atoms with Crippen molar-refractivity contribution in [3.05, 3.63) is 70.8 Å². The standard InChI is InChI=1S/C21H24N2O4S/c1-15-7-9-16(10-8-15)13-22-20(24)19(11-12-28(2,26)27)23-14-17-5-3-4-6-18(17)21(23)25/h3-10,19H,11-14H2,1-2H3,(H,22,24). The van der Waals surface area contributed by atoms with Crippen molar-refractivity contribution in [1.82, 2.24) is 10.2 Å². The minimum atomic E-state index is -3.26. The van der Waals surface area contributed by atoms with Crippen LogP contribution in [0.25, 0.3) is 0 Å². The van der Waals surface area contributed by atoms with E-state index in [4.69, 9.17) is 0 Å². The van der Waals surface area contributed by atoms with Crippen molar-refractivity contribution in [1.29, 1.82) is 0 Å². The Labute approximate surface area is 165 Å². The number of amides is 2. The zero-order valence-corrected chi connectivity index (χ0v) is 16.8. The maximum Gasteiger partial charge on any atom is 0.255 e. The summed E-state index contributed by atoms with van der Waals surface area (Å²) < 4.78 is 23.3. The lowest BCUT2D eigenvalue weighted by molar-refractivity contribution is -0.126. The van der Waals surface area contributed by atoms with Crippen LogP contribution in [0.4, 0.5) is 0 Å². The molecule has 1 heterocycles. The molecule has 0 saturated carbocycles. The van der Waals surface area contributed by atoms with Gasteiger partial charge in [-0.25, -0.2) is 8.42 Å². The normalized spacial score (nSPS) is 14.6. The molecule has 0 aliphatic carbocycles. The first kappa shape index (κ1) is 20.1. The van der Waals surface area contributed by atoms with Crippen molar-refractivity contribution >= 4 is 21.7 Å². The highest BCUT2D eigenvalue weighted by atomic mass is 32.2. The van der Waals surface area contributed by atoms with E-state index < -0.39 is 15.9 Å². The van der Waals surface area contributed by atoms with E-state index in [1.54, 1.807) is 12.1 Å². The Morgan fingerprint density at radius 2 is 1.82 bits per heavy atom. The zero-order chi connectivity index (χ0) is 20.3. The van der Waals surface area contributed by atoms with Gasteiger partial charge in [0.25, 0.3) is 5.91 Å². The average Bonchev–Trinajstić information content (AvgIpc) is 2.97. The number of carbonyl (C=O) groups is 2. The van der Waals surface area contributed by atoms with Crippen molar-refractivity contribution < 1.29 is 18.0 Å². The number of fused-ring (bicyclic) bond motifs is 1. The number of hydrogen-bond donors (Lipinski definition) is 1. The summed E-state index contributed by atoms with van der Waals surface area (Å²) in [4.78, 5) is 27.1. The second-order valence-electron chi connectivity index (χ2n) is 7.23.